The number of hydrogen-bond acceptors (Lipinski definition) is 0. The molecule has 0 saturated heterocycles. The first-order valence-corrected chi connectivity index (χ1v) is 8.32. The second-order valence-electron chi connectivity index (χ2n) is 5.41. The highest BCUT2D eigenvalue weighted by Gasteiger charge is 1.95. The molecule has 0 nitrogen and oxygen atoms in total. The van der Waals surface area contributed by atoms with E-state index in [0.29, 0.717) is 6.42 Å². The number of hydrogen-bond donors (Lipinski definition) is 0. The van der Waals surface area contributed by atoms with E-state index in [0.717, 1.165) is 12.8 Å². The van der Waals surface area contributed by atoms with Crippen molar-refractivity contribution in [2.24, 2.45) is 0 Å². The topological polar surface area (TPSA) is 0 Å². The van der Waals surface area contributed by atoms with Crippen LogP contribution in [0.2, 0.25) is 0 Å². The highest BCUT2D eigenvalue weighted by Crippen LogP contribution is 2.13. The second kappa shape index (κ2) is 15.5. The molecule has 0 unspecified atom stereocenters. The molecule has 0 atom stereocenters. The van der Waals surface area contributed by atoms with Gasteiger partial charge in [0.1, 0.15) is 0 Å². The molecule has 0 aliphatic heterocycles. The van der Waals surface area contributed by atoms with Crippen LogP contribution in [0.4, 0.5) is 4.39 Å². The zero-order valence-corrected chi connectivity index (χ0v) is 13.1. The normalized spacial score (nSPS) is 12.5. The van der Waals surface area contributed by atoms with Gasteiger partial charge in [-0.05, 0) is 25.3 Å². The summed E-state index contributed by atoms with van der Waals surface area (Å²) in [6, 6.07) is 0. The first kappa shape index (κ1) is 18.4. The van der Waals surface area contributed by atoms with Gasteiger partial charge in [-0.25, -0.2) is 4.39 Å². The van der Waals surface area contributed by atoms with Gasteiger partial charge in [-0.15, -0.1) is 0 Å². The summed E-state index contributed by atoms with van der Waals surface area (Å²) in [6.07, 6.45) is 19.8. The number of allylic oxidation sites excluding steroid dienone is 4. The largest absolute Gasteiger partial charge is 0.212 e. The quantitative estimate of drug-likeness (QED) is 0.246. The van der Waals surface area contributed by atoms with Crippen molar-refractivity contribution in [2.75, 3.05) is 0 Å². The number of unbranched alkanes of at least 4 members (excludes halogenated alkanes) is 9. The first-order valence-electron chi connectivity index (χ1n) is 8.32. The van der Waals surface area contributed by atoms with Gasteiger partial charge in [0, 0.05) is 0 Å². The van der Waals surface area contributed by atoms with Crippen molar-refractivity contribution in [1.82, 2.24) is 0 Å². The van der Waals surface area contributed by atoms with Crippen LogP contribution in [0.1, 0.15) is 90.9 Å². The Morgan fingerprint density at radius 2 is 1.37 bits per heavy atom. The summed E-state index contributed by atoms with van der Waals surface area (Å²) in [5, 5.41) is 0. The third-order valence-electron chi connectivity index (χ3n) is 3.41. The van der Waals surface area contributed by atoms with Gasteiger partial charge >= 0.3 is 0 Å². The van der Waals surface area contributed by atoms with Crippen LogP contribution in [0.15, 0.2) is 24.1 Å². The van der Waals surface area contributed by atoms with Crippen molar-refractivity contribution in [3.63, 3.8) is 0 Å². The minimum atomic E-state index is 0.0405. The molecule has 0 aromatic rings. The lowest BCUT2D eigenvalue weighted by Crippen LogP contribution is -1.81. The van der Waals surface area contributed by atoms with Gasteiger partial charge in [0.15, 0.2) is 0 Å². The Morgan fingerprint density at radius 1 is 0.789 bits per heavy atom. The van der Waals surface area contributed by atoms with Gasteiger partial charge in [-0.1, -0.05) is 83.8 Å². The van der Waals surface area contributed by atoms with Crippen LogP contribution < -0.4 is 0 Å². The third-order valence-corrected chi connectivity index (χ3v) is 3.41. The minimum absolute atomic E-state index is 0.0405. The highest BCUT2D eigenvalue weighted by atomic mass is 19.1. The van der Waals surface area contributed by atoms with E-state index in [-0.39, 0.29) is 5.83 Å². The Hall–Kier alpha value is -0.590. The number of halogens is 1. The number of rotatable bonds is 13. The van der Waals surface area contributed by atoms with E-state index in [9.17, 15) is 4.39 Å². The zero-order chi connectivity index (χ0) is 14.2. The standard InChI is InChI=1S/C18H33F/c1-3-5-7-9-10-11-13-15-17-18(19)16-14-12-8-6-4-2/h12,14,16H,3-11,13,15,17H2,1-2H3/b14-12+,18-16+. The molecule has 0 rings (SSSR count). The van der Waals surface area contributed by atoms with Crippen LogP contribution in [-0.2, 0) is 0 Å². The fourth-order valence-electron chi connectivity index (χ4n) is 2.10. The van der Waals surface area contributed by atoms with Crippen LogP contribution in [0, 0.1) is 0 Å². The molecule has 0 N–H and O–H groups in total. The van der Waals surface area contributed by atoms with Crippen molar-refractivity contribution in [3.8, 4) is 0 Å². The first-order chi connectivity index (χ1) is 9.31. The molecule has 0 radical (unpaired) electrons. The molecule has 1 heteroatoms. The maximum Gasteiger partial charge on any atom is 0.0999 e. The molecule has 0 aromatic carbocycles. The lowest BCUT2D eigenvalue weighted by atomic mass is 10.1. The minimum Gasteiger partial charge on any atom is -0.212 e. The molecule has 0 spiro atoms. The Kier molecular flexibility index (Phi) is 15.0. The van der Waals surface area contributed by atoms with E-state index < -0.39 is 0 Å². The van der Waals surface area contributed by atoms with Gasteiger partial charge in [0.25, 0.3) is 0 Å². The summed E-state index contributed by atoms with van der Waals surface area (Å²) in [5.41, 5.74) is 0. The van der Waals surface area contributed by atoms with Gasteiger partial charge in [0.2, 0.25) is 0 Å². The Balaban J connectivity index is 3.34. The second-order valence-corrected chi connectivity index (χ2v) is 5.41. The van der Waals surface area contributed by atoms with E-state index >= 15 is 0 Å². The van der Waals surface area contributed by atoms with Gasteiger partial charge in [-0.3, -0.25) is 0 Å². The molecule has 0 amide bonds. The molecule has 0 aliphatic rings. The lowest BCUT2D eigenvalue weighted by Gasteiger charge is -2.00. The predicted molar refractivity (Wildman–Crippen MR) is 85.1 cm³/mol. The van der Waals surface area contributed by atoms with Crippen molar-refractivity contribution in [3.05, 3.63) is 24.1 Å². The molecule has 0 aliphatic carbocycles. The Bertz CT molecular complexity index is 228. The highest BCUT2D eigenvalue weighted by molar-refractivity contribution is 5.06. The van der Waals surface area contributed by atoms with Crippen LogP contribution in [0.3, 0.4) is 0 Å². The molecule has 0 aromatic heterocycles. The summed E-state index contributed by atoms with van der Waals surface area (Å²) < 4.78 is 13.4. The summed E-state index contributed by atoms with van der Waals surface area (Å²) in [6.45, 7) is 4.42. The maximum atomic E-state index is 13.4. The summed E-state index contributed by atoms with van der Waals surface area (Å²) in [4.78, 5) is 0. The molecule has 0 heterocycles. The maximum absolute atomic E-state index is 13.4. The smallest absolute Gasteiger partial charge is 0.0999 e. The SMILES string of the molecule is CCCC/C=C/C=C(/F)CCCCCCCCCC. The van der Waals surface area contributed by atoms with Crippen molar-refractivity contribution in [1.29, 1.82) is 0 Å². The van der Waals surface area contributed by atoms with E-state index in [4.69, 9.17) is 0 Å². The van der Waals surface area contributed by atoms with E-state index in [1.54, 1.807) is 6.08 Å². The lowest BCUT2D eigenvalue weighted by molar-refractivity contribution is 0.534. The van der Waals surface area contributed by atoms with Crippen molar-refractivity contribution >= 4 is 0 Å². The third kappa shape index (κ3) is 15.4. The molecule has 0 fully saturated rings. The van der Waals surface area contributed by atoms with Gasteiger partial charge in [0.05, 0.1) is 5.83 Å². The fraction of sp³-hybridized carbons (Fsp3) is 0.778. The Morgan fingerprint density at radius 3 is 2.00 bits per heavy atom. The van der Waals surface area contributed by atoms with E-state index in [2.05, 4.69) is 19.9 Å². The Labute approximate surface area is 120 Å². The van der Waals surface area contributed by atoms with Crippen molar-refractivity contribution < 1.29 is 4.39 Å². The van der Waals surface area contributed by atoms with Crippen LogP contribution in [0.5, 0.6) is 0 Å². The van der Waals surface area contributed by atoms with E-state index in [1.165, 1.54) is 57.8 Å². The van der Waals surface area contributed by atoms with Crippen LogP contribution in [-0.4, -0.2) is 0 Å². The molecule has 112 valence electrons. The fourth-order valence-corrected chi connectivity index (χ4v) is 2.10. The van der Waals surface area contributed by atoms with Crippen molar-refractivity contribution in [2.45, 2.75) is 90.9 Å². The van der Waals surface area contributed by atoms with Gasteiger partial charge in [-0.2, -0.15) is 0 Å². The molecular formula is C18H33F. The van der Waals surface area contributed by atoms with Crippen LogP contribution in [0.25, 0.3) is 0 Å². The zero-order valence-electron chi connectivity index (χ0n) is 13.1. The summed E-state index contributed by atoms with van der Waals surface area (Å²) >= 11 is 0. The summed E-state index contributed by atoms with van der Waals surface area (Å²) in [5.74, 6) is 0.0405. The molecule has 0 bridgehead atoms. The molecule has 0 saturated carbocycles. The van der Waals surface area contributed by atoms with Gasteiger partial charge < -0.3 is 0 Å². The summed E-state index contributed by atoms with van der Waals surface area (Å²) in [7, 11) is 0. The molecule has 19 heavy (non-hydrogen) atoms. The predicted octanol–water partition coefficient (Wildman–Crippen LogP) is 7.12. The average Bonchev–Trinajstić information content (AvgIpc) is 2.41. The monoisotopic (exact) mass is 268 g/mol. The van der Waals surface area contributed by atoms with Crippen LogP contribution >= 0.6 is 0 Å². The molecular weight excluding hydrogens is 235 g/mol. The average molecular weight is 268 g/mol. The van der Waals surface area contributed by atoms with E-state index in [1.807, 2.05) is 6.08 Å².